The van der Waals surface area contributed by atoms with E-state index in [2.05, 4.69) is 50.2 Å². The maximum Gasteiger partial charge on any atom is 0.191 e. The number of hydrogen-bond acceptors (Lipinski definition) is 8. The summed E-state index contributed by atoms with van der Waals surface area (Å²) >= 11 is 1.57. The molecular formula is C28H37N5O3SSi. The summed E-state index contributed by atoms with van der Waals surface area (Å²) in [5.74, 6) is 2.14. The standard InChI is InChI=1S/C28H37N5O3SSi/c1-19-17-24(33-14-11-23(32-33)27-29-13-16-37-27)21(12-15-36-38(7,8)28(2,3)4)26(30-19)31-22-10-9-20(34-5)18-25(22)35-6/h9-11,13-14,16-18H,12,15H2,1-8H3,(H,30,31). The first kappa shape index (κ1) is 27.8. The number of aryl methyl sites for hydroxylation is 1. The third kappa shape index (κ3) is 6.08. The summed E-state index contributed by atoms with van der Waals surface area (Å²) in [4.78, 5) is 9.32. The first-order valence-electron chi connectivity index (χ1n) is 12.6. The van der Waals surface area contributed by atoms with Crippen LogP contribution in [0.1, 0.15) is 32.0 Å². The molecule has 10 heteroatoms. The predicted molar refractivity (Wildman–Crippen MR) is 157 cm³/mol. The van der Waals surface area contributed by atoms with Gasteiger partial charge in [-0.15, -0.1) is 11.3 Å². The Kier molecular flexibility index (Phi) is 8.24. The van der Waals surface area contributed by atoms with Gasteiger partial charge in [-0.3, -0.25) is 0 Å². The molecule has 0 unspecified atom stereocenters. The van der Waals surface area contributed by atoms with Crippen molar-refractivity contribution in [1.82, 2.24) is 19.7 Å². The Labute approximate surface area is 230 Å². The smallest absolute Gasteiger partial charge is 0.191 e. The van der Waals surface area contributed by atoms with Crippen LogP contribution in [0.4, 0.5) is 11.5 Å². The normalized spacial score (nSPS) is 12.0. The Bertz CT molecular complexity index is 1380. The van der Waals surface area contributed by atoms with Gasteiger partial charge in [0.1, 0.15) is 28.0 Å². The fraction of sp³-hybridized carbons (Fsp3) is 0.393. The number of rotatable bonds is 10. The van der Waals surface area contributed by atoms with Crippen LogP contribution in [0.25, 0.3) is 16.4 Å². The maximum absolute atomic E-state index is 6.57. The van der Waals surface area contributed by atoms with E-state index in [1.165, 1.54) is 0 Å². The molecule has 0 aliphatic rings. The molecule has 0 spiro atoms. The van der Waals surface area contributed by atoms with Crippen molar-refractivity contribution >= 4 is 31.2 Å². The minimum Gasteiger partial charge on any atom is -0.497 e. The number of benzene rings is 1. The average Bonchev–Trinajstić information content (AvgIpc) is 3.57. The van der Waals surface area contributed by atoms with Crippen LogP contribution in [-0.2, 0) is 10.8 Å². The number of nitrogens with zero attached hydrogens (tertiary/aromatic N) is 4. The second-order valence-electron chi connectivity index (χ2n) is 10.6. The highest BCUT2D eigenvalue weighted by atomic mass is 32.1. The molecule has 0 saturated heterocycles. The molecule has 0 saturated carbocycles. The zero-order valence-corrected chi connectivity index (χ0v) is 25.3. The Morgan fingerprint density at radius 1 is 1.08 bits per heavy atom. The molecule has 1 aromatic carbocycles. The van der Waals surface area contributed by atoms with Gasteiger partial charge in [-0.05, 0) is 49.3 Å². The molecule has 1 N–H and O–H groups in total. The molecule has 0 radical (unpaired) electrons. The van der Waals surface area contributed by atoms with Crippen LogP contribution in [0.3, 0.4) is 0 Å². The summed E-state index contributed by atoms with van der Waals surface area (Å²) < 4.78 is 19.5. The molecule has 4 rings (SSSR count). The van der Waals surface area contributed by atoms with Crippen LogP contribution in [0.2, 0.25) is 18.1 Å². The van der Waals surface area contributed by atoms with Crippen LogP contribution in [0.15, 0.2) is 48.1 Å². The second kappa shape index (κ2) is 11.3. The quantitative estimate of drug-likeness (QED) is 0.212. The van der Waals surface area contributed by atoms with Crippen molar-refractivity contribution in [2.24, 2.45) is 0 Å². The van der Waals surface area contributed by atoms with Crippen molar-refractivity contribution in [3.63, 3.8) is 0 Å². The lowest BCUT2D eigenvalue weighted by Crippen LogP contribution is -2.41. The van der Waals surface area contributed by atoms with Crippen molar-refractivity contribution in [3.05, 3.63) is 59.4 Å². The Morgan fingerprint density at radius 2 is 1.87 bits per heavy atom. The molecule has 8 nitrogen and oxygen atoms in total. The topological polar surface area (TPSA) is 83.3 Å². The fourth-order valence-corrected chi connectivity index (χ4v) is 5.46. The van der Waals surface area contributed by atoms with Gasteiger partial charge < -0.3 is 19.2 Å². The zero-order chi connectivity index (χ0) is 27.5. The van der Waals surface area contributed by atoms with E-state index in [1.807, 2.05) is 47.4 Å². The summed E-state index contributed by atoms with van der Waals surface area (Å²) in [6, 6.07) is 9.75. The third-order valence-corrected chi connectivity index (χ3v) is 12.3. The zero-order valence-electron chi connectivity index (χ0n) is 23.5. The molecule has 202 valence electrons. The van der Waals surface area contributed by atoms with E-state index in [4.69, 9.17) is 24.0 Å². The molecule has 0 bridgehead atoms. The molecule has 3 heterocycles. The van der Waals surface area contributed by atoms with Gasteiger partial charge in [0.2, 0.25) is 0 Å². The summed E-state index contributed by atoms with van der Waals surface area (Å²) in [5.41, 5.74) is 4.47. The molecule has 0 aliphatic heterocycles. The van der Waals surface area contributed by atoms with Gasteiger partial charge in [0.15, 0.2) is 8.32 Å². The van der Waals surface area contributed by atoms with Crippen LogP contribution in [0.5, 0.6) is 11.5 Å². The highest BCUT2D eigenvalue weighted by molar-refractivity contribution is 7.13. The van der Waals surface area contributed by atoms with Crippen LogP contribution in [0, 0.1) is 6.92 Å². The number of aromatic nitrogens is 4. The van der Waals surface area contributed by atoms with E-state index in [0.29, 0.717) is 18.8 Å². The lowest BCUT2D eigenvalue weighted by Gasteiger charge is -2.36. The van der Waals surface area contributed by atoms with Gasteiger partial charge in [0.05, 0.1) is 25.6 Å². The van der Waals surface area contributed by atoms with Gasteiger partial charge >= 0.3 is 0 Å². The SMILES string of the molecule is COc1ccc(Nc2nc(C)cc(-n3ccc(-c4nccs4)n3)c2CCO[Si](C)(C)C(C)(C)C)c(OC)c1. The molecular weight excluding hydrogens is 514 g/mol. The van der Waals surface area contributed by atoms with Crippen molar-refractivity contribution in [2.75, 3.05) is 26.1 Å². The van der Waals surface area contributed by atoms with Gasteiger partial charge in [0, 0.05) is 48.1 Å². The van der Waals surface area contributed by atoms with Gasteiger partial charge in [-0.25, -0.2) is 14.6 Å². The first-order chi connectivity index (χ1) is 18.0. The van der Waals surface area contributed by atoms with E-state index in [1.54, 1.807) is 31.8 Å². The molecule has 4 aromatic rings. The van der Waals surface area contributed by atoms with Gasteiger partial charge in [-0.2, -0.15) is 5.10 Å². The molecule has 0 atom stereocenters. The molecule has 0 amide bonds. The Balaban J connectivity index is 1.75. The van der Waals surface area contributed by atoms with Crippen molar-refractivity contribution in [2.45, 2.75) is 52.2 Å². The Hall–Kier alpha value is -3.21. The number of ether oxygens (including phenoxy) is 2. The Morgan fingerprint density at radius 3 is 2.53 bits per heavy atom. The van der Waals surface area contributed by atoms with Crippen LogP contribution >= 0.6 is 11.3 Å². The van der Waals surface area contributed by atoms with Gasteiger partial charge in [0.25, 0.3) is 0 Å². The number of methoxy groups -OCH3 is 2. The molecule has 3 aromatic heterocycles. The summed E-state index contributed by atoms with van der Waals surface area (Å²) in [7, 11) is 1.37. The monoisotopic (exact) mass is 551 g/mol. The number of nitrogens with one attached hydrogen (secondary N) is 1. The minimum atomic E-state index is -1.92. The summed E-state index contributed by atoms with van der Waals surface area (Å²) in [5, 5.41) is 11.4. The van der Waals surface area contributed by atoms with E-state index in [0.717, 1.165) is 44.9 Å². The highest BCUT2D eigenvalue weighted by Crippen LogP contribution is 2.37. The van der Waals surface area contributed by atoms with Crippen LogP contribution in [-0.4, -0.2) is 48.9 Å². The molecule has 38 heavy (non-hydrogen) atoms. The second-order valence-corrected chi connectivity index (χ2v) is 16.3. The molecule has 0 aliphatic carbocycles. The number of hydrogen-bond donors (Lipinski definition) is 1. The molecule has 0 fully saturated rings. The highest BCUT2D eigenvalue weighted by Gasteiger charge is 2.37. The largest absolute Gasteiger partial charge is 0.497 e. The van der Waals surface area contributed by atoms with Crippen molar-refractivity contribution < 1.29 is 13.9 Å². The van der Waals surface area contributed by atoms with E-state index >= 15 is 0 Å². The van der Waals surface area contributed by atoms with Crippen molar-refractivity contribution in [3.8, 4) is 27.9 Å². The maximum atomic E-state index is 6.57. The van der Waals surface area contributed by atoms with E-state index in [-0.39, 0.29) is 5.04 Å². The third-order valence-electron chi connectivity index (χ3n) is 7.00. The average molecular weight is 552 g/mol. The van der Waals surface area contributed by atoms with Crippen molar-refractivity contribution in [1.29, 1.82) is 0 Å². The van der Waals surface area contributed by atoms with Gasteiger partial charge in [-0.1, -0.05) is 20.8 Å². The predicted octanol–water partition coefficient (Wildman–Crippen LogP) is 7.02. The lowest BCUT2D eigenvalue weighted by atomic mass is 10.1. The number of pyridine rings is 1. The lowest BCUT2D eigenvalue weighted by molar-refractivity contribution is 0.292. The first-order valence-corrected chi connectivity index (χ1v) is 16.4. The minimum absolute atomic E-state index is 0.128. The van der Waals surface area contributed by atoms with E-state index in [9.17, 15) is 0 Å². The number of thiazole rings is 1. The summed E-state index contributed by atoms with van der Waals surface area (Å²) in [6.45, 7) is 13.9. The summed E-state index contributed by atoms with van der Waals surface area (Å²) in [6.07, 6.45) is 4.44. The van der Waals surface area contributed by atoms with E-state index < -0.39 is 8.32 Å². The fourth-order valence-electron chi connectivity index (χ4n) is 3.81. The van der Waals surface area contributed by atoms with Crippen LogP contribution < -0.4 is 14.8 Å². The number of anilines is 2.